The molecule has 10 heteroatoms. The number of carboxylic acids is 1. The lowest BCUT2D eigenvalue weighted by Gasteiger charge is -2.26. The van der Waals surface area contributed by atoms with E-state index in [2.05, 4.69) is 4.72 Å². The zero-order chi connectivity index (χ0) is 18.8. The summed E-state index contributed by atoms with van der Waals surface area (Å²) in [6, 6.07) is 3.94. The van der Waals surface area contributed by atoms with Gasteiger partial charge in [-0.25, -0.2) is 21.6 Å². The Morgan fingerprint density at radius 2 is 1.83 bits per heavy atom. The molecular formula is C14H20ClNO6S2. The van der Waals surface area contributed by atoms with Gasteiger partial charge in [0, 0.05) is 23.2 Å². The molecular weight excluding hydrogens is 378 g/mol. The van der Waals surface area contributed by atoms with E-state index >= 15 is 0 Å². The van der Waals surface area contributed by atoms with Crippen molar-refractivity contribution in [1.29, 1.82) is 0 Å². The fourth-order valence-electron chi connectivity index (χ4n) is 2.07. The molecule has 1 rings (SSSR count). The first-order chi connectivity index (χ1) is 10.7. The lowest BCUT2D eigenvalue weighted by atomic mass is 10.0. The molecule has 0 aliphatic carbocycles. The summed E-state index contributed by atoms with van der Waals surface area (Å²) in [5, 5.41) is 8.89. The van der Waals surface area contributed by atoms with Gasteiger partial charge in [0.25, 0.3) is 0 Å². The molecule has 0 spiro atoms. The van der Waals surface area contributed by atoms with Crippen molar-refractivity contribution in [3.8, 4) is 0 Å². The average molecular weight is 398 g/mol. The van der Waals surface area contributed by atoms with Crippen molar-refractivity contribution in [2.45, 2.75) is 42.9 Å². The van der Waals surface area contributed by atoms with Gasteiger partial charge in [-0.3, -0.25) is 4.79 Å². The molecule has 0 saturated heterocycles. The first-order valence-electron chi connectivity index (χ1n) is 6.94. The molecule has 0 aromatic heterocycles. The van der Waals surface area contributed by atoms with Crippen LogP contribution in [0.5, 0.6) is 0 Å². The molecule has 7 nitrogen and oxygen atoms in total. The molecule has 0 aliphatic rings. The Hall–Kier alpha value is -1.16. The van der Waals surface area contributed by atoms with E-state index in [1.165, 1.54) is 18.2 Å². The van der Waals surface area contributed by atoms with Crippen molar-refractivity contribution in [2.75, 3.05) is 6.26 Å². The number of nitrogens with one attached hydrogen (secondary N) is 1. The Morgan fingerprint density at radius 3 is 2.33 bits per heavy atom. The smallest absolute Gasteiger partial charge is 0.303 e. The Balaban J connectivity index is 3.22. The van der Waals surface area contributed by atoms with E-state index in [0.717, 1.165) is 6.26 Å². The SMILES string of the molecule is CC(C)(CCC(=O)O)NS(=O)(=O)c1cc(Cl)ccc1CS(C)(=O)=O. The number of benzene rings is 1. The predicted octanol–water partition coefficient (Wildman–Crippen LogP) is 1.81. The third-order valence-corrected chi connectivity index (χ3v) is 5.96. The summed E-state index contributed by atoms with van der Waals surface area (Å²) < 4.78 is 50.7. The van der Waals surface area contributed by atoms with Crippen LogP contribution in [-0.2, 0) is 30.4 Å². The summed E-state index contributed by atoms with van der Waals surface area (Å²) in [5.41, 5.74) is -0.925. The summed E-state index contributed by atoms with van der Waals surface area (Å²) in [7, 11) is -7.53. The van der Waals surface area contributed by atoms with Crippen molar-refractivity contribution >= 4 is 37.4 Å². The van der Waals surface area contributed by atoms with Gasteiger partial charge in [0.1, 0.15) is 0 Å². The molecule has 0 unspecified atom stereocenters. The maximum Gasteiger partial charge on any atom is 0.303 e. The van der Waals surface area contributed by atoms with Gasteiger partial charge in [0.05, 0.1) is 10.6 Å². The van der Waals surface area contributed by atoms with E-state index in [-0.39, 0.29) is 28.3 Å². The molecule has 1 aromatic carbocycles. The van der Waals surface area contributed by atoms with Crippen molar-refractivity contribution in [2.24, 2.45) is 0 Å². The molecule has 1 aromatic rings. The fourth-order valence-corrected chi connectivity index (χ4v) is 4.92. The van der Waals surface area contributed by atoms with E-state index in [1.807, 2.05) is 0 Å². The highest BCUT2D eigenvalue weighted by molar-refractivity contribution is 7.90. The highest BCUT2D eigenvalue weighted by Crippen LogP contribution is 2.25. The van der Waals surface area contributed by atoms with Crippen molar-refractivity contribution in [3.05, 3.63) is 28.8 Å². The minimum absolute atomic E-state index is 0.0730. The normalized spacial score (nSPS) is 13.0. The van der Waals surface area contributed by atoms with Crippen LogP contribution in [0.3, 0.4) is 0 Å². The maximum absolute atomic E-state index is 12.6. The monoisotopic (exact) mass is 397 g/mol. The standard InChI is InChI=1S/C14H20ClNO6S2/c1-14(2,7-6-13(17)18)16-24(21,22)12-8-11(15)5-4-10(12)9-23(3,19)20/h4-5,8,16H,6-7,9H2,1-3H3,(H,17,18). The van der Waals surface area contributed by atoms with Gasteiger partial charge in [-0.05, 0) is 38.0 Å². The van der Waals surface area contributed by atoms with Crippen molar-refractivity contribution in [3.63, 3.8) is 0 Å². The van der Waals surface area contributed by atoms with Crippen molar-refractivity contribution < 1.29 is 26.7 Å². The van der Waals surface area contributed by atoms with Crippen LogP contribution in [0.2, 0.25) is 5.02 Å². The number of aliphatic carboxylic acids is 1. The zero-order valence-corrected chi connectivity index (χ0v) is 15.9. The van der Waals surface area contributed by atoms with Crippen LogP contribution >= 0.6 is 11.6 Å². The summed E-state index contributed by atoms with van der Waals surface area (Å²) in [5.74, 6) is -1.49. The Kier molecular flexibility index (Phi) is 6.43. The number of rotatable bonds is 8. The predicted molar refractivity (Wildman–Crippen MR) is 91.3 cm³/mol. The summed E-state index contributed by atoms with van der Waals surface area (Å²) in [4.78, 5) is 10.4. The van der Waals surface area contributed by atoms with Crippen LogP contribution < -0.4 is 4.72 Å². The molecule has 0 heterocycles. The topological polar surface area (TPSA) is 118 Å². The Labute approximate surface area is 147 Å². The van der Waals surface area contributed by atoms with E-state index in [0.29, 0.717) is 0 Å². The van der Waals surface area contributed by atoms with Gasteiger partial charge >= 0.3 is 5.97 Å². The highest BCUT2D eigenvalue weighted by atomic mass is 35.5. The lowest BCUT2D eigenvalue weighted by Crippen LogP contribution is -2.43. The molecule has 0 fully saturated rings. The summed E-state index contributed by atoms with van der Waals surface area (Å²) >= 11 is 5.85. The number of carbonyl (C=O) groups is 1. The first-order valence-corrected chi connectivity index (χ1v) is 10.9. The first kappa shape index (κ1) is 20.9. The largest absolute Gasteiger partial charge is 0.481 e. The van der Waals surface area contributed by atoms with Gasteiger partial charge in [-0.15, -0.1) is 0 Å². The van der Waals surface area contributed by atoms with Gasteiger partial charge in [-0.2, -0.15) is 0 Å². The van der Waals surface area contributed by atoms with Crippen LogP contribution in [0.1, 0.15) is 32.3 Å². The average Bonchev–Trinajstić information content (AvgIpc) is 2.36. The zero-order valence-electron chi connectivity index (χ0n) is 13.5. The molecule has 24 heavy (non-hydrogen) atoms. The fraction of sp³-hybridized carbons (Fsp3) is 0.500. The second kappa shape index (κ2) is 7.38. The van der Waals surface area contributed by atoms with Crippen LogP contribution in [0, 0.1) is 0 Å². The van der Waals surface area contributed by atoms with E-state index < -0.39 is 37.1 Å². The summed E-state index contributed by atoms with van der Waals surface area (Å²) in [6.07, 6.45) is 0.868. The summed E-state index contributed by atoms with van der Waals surface area (Å²) in [6.45, 7) is 3.10. The van der Waals surface area contributed by atoms with E-state index in [4.69, 9.17) is 16.7 Å². The van der Waals surface area contributed by atoms with Gasteiger partial charge in [0.2, 0.25) is 10.0 Å². The molecule has 0 atom stereocenters. The van der Waals surface area contributed by atoms with Crippen LogP contribution in [0.25, 0.3) is 0 Å². The van der Waals surface area contributed by atoms with Crippen LogP contribution in [-0.4, -0.2) is 39.7 Å². The Bertz CT molecular complexity index is 831. The molecule has 0 radical (unpaired) electrons. The van der Waals surface area contributed by atoms with E-state index in [9.17, 15) is 21.6 Å². The van der Waals surface area contributed by atoms with Gasteiger partial charge in [0.15, 0.2) is 9.84 Å². The Morgan fingerprint density at radius 1 is 1.25 bits per heavy atom. The number of halogens is 1. The number of sulfone groups is 1. The molecule has 0 aliphatic heterocycles. The third-order valence-electron chi connectivity index (χ3n) is 3.11. The molecule has 136 valence electrons. The number of hydrogen-bond donors (Lipinski definition) is 2. The second-order valence-electron chi connectivity index (χ2n) is 6.21. The molecule has 0 amide bonds. The van der Waals surface area contributed by atoms with Gasteiger partial charge in [-0.1, -0.05) is 17.7 Å². The number of hydrogen-bond acceptors (Lipinski definition) is 5. The highest BCUT2D eigenvalue weighted by Gasteiger charge is 2.29. The molecule has 0 bridgehead atoms. The molecule has 0 saturated carbocycles. The third kappa shape index (κ3) is 6.76. The minimum Gasteiger partial charge on any atom is -0.481 e. The lowest BCUT2D eigenvalue weighted by molar-refractivity contribution is -0.137. The van der Waals surface area contributed by atoms with E-state index in [1.54, 1.807) is 13.8 Å². The van der Waals surface area contributed by atoms with Crippen LogP contribution in [0.4, 0.5) is 0 Å². The molecule has 2 N–H and O–H groups in total. The second-order valence-corrected chi connectivity index (χ2v) is 10.4. The maximum atomic E-state index is 12.6. The quantitative estimate of drug-likeness (QED) is 0.690. The van der Waals surface area contributed by atoms with Crippen molar-refractivity contribution in [1.82, 2.24) is 4.72 Å². The van der Waals surface area contributed by atoms with Crippen LogP contribution in [0.15, 0.2) is 23.1 Å². The minimum atomic E-state index is -4.08. The number of carboxylic acid groups (broad SMARTS) is 1. The number of sulfonamides is 1. The van der Waals surface area contributed by atoms with Gasteiger partial charge < -0.3 is 5.11 Å².